The number of rotatable bonds is 1. The summed E-state index contributed by atoms with van der Waals surface area (Å²) in [4.78, 5) is 3.17. The molecular formula is C14H19NO. The monoisotopic (exact) mass is 217 g/mol. The zero-order chi connectivity index (χ0) is 12.0. The van der Waals surface area contributed by atoms with Gasteiger partial charge in [-0.1, -0.05) is 32.9 Å². The molecule has 0 aliphatic rings. The van der Waals surface area contributed by atoms with Gasteiger partial charge in [-0.05, 0) is 30.0 Å². The zero-order valence-electron chi connectivity index (χ0n) is 10.3. The fraction of sp³-hybridized carbons (Fsp3) is 0.429. The smallest absolute Gasteiger partial charge is 0.0923 e. The number of aliphatic hydroxyl groups is 1. The first kappa shape index (κ1) is 11.2. The number of aromatic amines is 1. The Morgan fingerprint density at radius 3 is 2.38 bits per heavy atom. The fourth-order valence-electron chi connectivity index (χ4n) is 1.91. The molecule has 0 aliphatic heterocycles. The Morgan fingerprint density at radius 2 is 1.75 bits per heavy atom. The zero-order valence-corrected chi connectivity index (χ0v) is 10.3. The van der Waals surface area contributed by atoms with Gasteiger partial charge in [0, 0.05) is 17.1 Å². The van der Waals surface area contributed by atoms with Gasteiger partial charge in [0.2, 0.25) is 0 Å². The predicted octanol–water partition coefficient (Wildman–Crippen LogP) is 3.42. The van der Waals surface area contributed by atoms with Crippen LogP contribution in [-0.4, -0.2) is 10.1 Å². The Balaban J connectivity index is 2.68. The van der Waals surface area contributed by atoms with Crippen LogP contribution in [0.1, 0.15) is 33.3 Å². The van der Waals surface area contributed by atoms with Crippen LogP contribution >= 0.6 is 0 Å². The van der Waals surface area contributed by atoms with Crippen molar-refractivity contribution in [3.8, 4) is 0 Å². The molecule has 1 heterocycles. The molecule has 1 aromatic heterocycles. The molecule has 1 atom stereocenters. The van der Waals surface area contributed by atoms with Crippen LogP contribution in [-0.2, 0) is 5.60 Å². The molecule has 2 heteroatoms. The molecule has 16 heavy (non-hydrogen) atoms. The molecule has 0 amide bonds. The van der Waals surface area contributed by atoms with E-state index in [0.717, 1.165) is 16.5 Å². The first-order chi connectivity index (χ1) is 7.34. The average molecular weight is 217 g/mol. The Kier molecular flexibility index (Phi) is 2.35. The van der Waals surface area contributed by atoms with Gasteiger partial charge in [-0.25, -0.2) is 0 Å². The SMILES string of the molecule is CC(C)(C)C(C)(O)c1cccc2[nH]ccc12. The molecule has 2 nitrogen and oxygen atoms in total. The summed E-state index contributed by atoms with van der Waals surface area (Å²) >= 11 is 0. The number of hydrogen-bond acceptors (Lipinski definition) is 1. The molecule has 1 aromatic carbocycles. The van der Waals surface area contributed by atoms with E-state index >= 15 is 0 Å². The Morgan fingerprint density at radius 1 is 1.06 bits per heavy atom. The van der Waals surface area contributed by atoms with Crippen molar-refractivity contribution in [2.75, 3.05) is 0 Å². The van der Waals surface area contributed by atoms with E-state index in [1.54, 1.807) is 0 Å². The highest BCUT2D eigenvalue weighted by molar-refractivity contribution is 5.83. The van der Waals surface area contributed by atoms with E-state index in [1.165, 1.54) is 0 Å². The number of hydrogen-bond donors (Lipinski definition) is 2. The van der Waals surface area contributed by atoms with E-state index in [2.05, 4.69) is 25.8 Å². The first-order valence-electron chi connectivity index (χ1n) is 5.63. The lowest BCUT2D eigenvalue weighted by Crippen LogP contribution is -2.36. The molecule has 1 unspecified atom stereocenters. The summed E-state index contributed by atoms with van der Waals surface area (Å²) in [6.45, 7) is 8.05. The van der Waals surface area contributed by atoms with Gasteiger partial charge < -0.3 is 10.1 Å². The molecule has 0 spiro atoms. The number of fused-ring (bicyclic) bond motifs is 1. The number of aromatic nitrogens is 1. The van der Waals surface area contributed by atoms with Crippen LogP contribution in [0.2, 0.25) is 0 Å². The first-order valence-corrected chi connectivity index (χ1v) is 5.63. The lowest BCUT2D eigenvalue weighted by Gasteiger charge is -2.38. The standard InChI is InChI=1S/C14H19NO/c1-13(2,3)14(4,16)11-6-5-7-12-10(11)8-9-15-12/h5-9,15-16H,1-4H3. The van der Waals surface area contributed by atoms with Crippen molar-refractivity contribution in [3.63, 3.8) is 0 Å². The van der Waals surface area contributed by atoms with Gasteiger partial charge in [0.25, 0.3) is 0 Å². The lowest BCUT2D eigenvalue weighted by molar-refractivity contribution is -0.0457. The molecule has 0 saturated carbocycles. The van der Waals surface area contributed by atoms with Crippen molar-refractivity contribution >= 4 is 10.9 Å². The molecule has 0 aliphatic carbocycles. The van der Waals surface area contributed by atoms with Gasteiger partial charge >= 0.3 is 0 Å². The van der Waals surface area contributed by atoms with E-state index in [9.17, 15) is 5.11 Å². The van der Waals surface area contributed by atoms with Gasteiger partial charge in [-0.15, -0.1) is 0 Å². The van der Waals surface area contributed by atoms with Gasteiger partial charge in [0.15, 0.2) is 0 Å². The number of benzene rings is 1. The minimum Gasteiger partial charge on any atom is -0.385 e. The van der Waals surface area contributed by atoms with E-state index in [4.69, 9.17) is 0 Å². The highest BCUT2D eigenvalue weighted by Crippen LogP contribution is 2.41. The summed E-state index contributed by atoms with van der Waals surface area (Å²) in [6, 6.07) is 8.03. The van der Waals surface area contributed by atoms with Crippen molar-refractivity contribution in [2.45, 2.75) is 33.3 Å². The number of H-pyrrole nitrogens is 1. The maximum absolute atomic E-state index is 10.7. The highest BCUT2D eigenvalue weighted by atomic mass is 16.3. The maximum atomic E-state index is 10.7. The van der Waals surface area contributed by atoms with Gasteiger partial charge in [-0.3, -0.25) is 0 Å². The Labute approximate surface area is 96.3 Å². The number of nitrogens with one attached hydrogen (secondary N) is 1. The second-order valence-electron chi connectivity index (χ2n) is 5.57. The maximum Gasteiger partial charge on any atom is 0.0923 e. The summed E-state index contributed by atoms with van der Waals surface area (Å²) in [6.07, 6.45) is 1.91. The van der Waals surface area contributed by atoms with E-state index in [0.29, 0.717) is 0 Å². The molecule has 86 valence electrons. The third-order valence-corrected chi connectivity index (χ3v) is 3.58. The normalized spacial score (nSPS) is 16.3. The predicted molar refractivity (Wildman–Crippen MR) is 67.3 cm³/mol. The summed E-state index contributed by atoms with van der Waals surface area (Å²) in [5.74, 6) is 0. The van der Waals surface area contributed by atoms with Crippen molar-refractivity contribution in [1.82, 2.24) is 4.98 Å². The molecular weight excluding hydrogens is 198 g/mol. The molecule has 0 bridgehead atoms. The molecule has 2 rings (SSSR count). The molecule has 0 radical (unpaired) electrons. The van der Waals surface area contributed by atoms with Crippen LogP contribution in [0.15, 0.2) is 30.5 Å². The van der Waals surface area contributed by atoms with E-state index < -0.39 is 5.60 Å². The third kappa shape index (κ3) is 1.54. The van der Waals surface area contributed by atoms with Crippen molar-refractivity contribution in [1.29, 1.82) is 0 Å². The van der Waals surface area contributed by atoms with Crippen molar-refractivity contribution in [2.24, 2.45) is 5.41 Å². The van der Waals surface area contributed by atoms with Gasteiger partial charge in [0.1, 0.15) is 0 Å². The minimum atomic E-state index is -0.839. The molecule has 0 fully saturated rings. The van der Waals surface area contributed by atoms with Crippen LogP contribution in [0, 0.1) is 5.41 Å². The summed E-state index contributed by atoms with van der Waals surface area (Å²) in [5.41, 5.74) is 1.02. The van der Waals surface area contributed by atoms with Crippen LogP contribution in [0.3, 0.4) is 0 Å². The van der Waals surface area contributed by atoms with E-state index in [1.807, 2.05) is 37.4 Å². The summed E-state index contributed by atoms with van der Waals surface area (Å²) in [7, 11) is 0. The molecule has 2 N–H and O–H groups in total. The molecule has 0 saturated heterocycles. The van der Waals surface area contributed by atoms with Gasteiger partial charge in [0.05, 0.1) is 5.60 Å². The Hall–Kier alpha value is -1.28. The highest BCUT2D eigenvalue weighted by Gasteiger charge is 2.37. The fourth-order valence-corrected chi connectivity index (χ4v) is 1.91. The topological polar surface area (TPSA) is 36.0 Å². The largest absolute Gasteiger partial charge is 0.385 e. The minimum absolute atomic E-state index is 0.196. The van der Waals surface area contributed by atoms with Crippen molar-refractivity contribution in [3.05, 3.63) is 36.0 Å². The second-order valence-corrected chi connectivity index (χ2v) is 5.57. The summed E-state index contributed by atoms with van der Waals surface area (Å²) < 4.78 is 0. The average Bonchev–Trinajstić information content (AvgIpc) is 2.62. The van der Waals surface area contributed by atoms with E-state index in [-0.39, 0.29) is 5.41 Å². The Bertz CT molecular complexity index is 503. The quantitative estimate of drug-likeness (QED) is 0.754. The van der Waals surface area contributed by atoms with Crippen LogP contribution < -0.4 is 0 Å². The third-order valence-electron chi connectivity index (χ3n) is 3.58. The second kappa shape index (κ2) is 3.36. The van der Waals surface area contributed by atoms with Crippen LogP contribution in [0.5, 0.6) is 0 Å². The van der Waals surface area contributed by atoms with Crippen molar-refractivity contribution < 1.29 is 5.11 Å². The summed E-state index contributed by atoms with van der Waals surface area (Å²) in [5, 5.41) is 11.8. The van der Waals surface area contributed by atoms with Crippen LogP contribution in [0.25, 0.3) is 10.9 Å². The lowest BCUT2D eigenvalue weighted by atomic mass is 9.73. The van der Waals surface area contributed by atoms with Gasteiger partial charge in [-0.2, -0.15) is 0 Å². The van der Waals surface area contributed by atoms with Crippen LogP contribution in [0.4, 0.5) is 0 Å². The molecule has 2 aromatic rings.